The molecule has 1 fully saturated rings. The van der Waals surface area contributed by atoms with E-state index in [0.717, 1.165) is 38.2 Å². The Hall–Kier alpha value is -2.15. The molecule has 0 aliphatic carbocycles. The fourth-order valence-corrected chi connectivity index (χ4v) is 3.02. The Morgan fingerprint density at radius 3 is 2.42 bits per heavy atom. The van der Waals surface area contributed by atoms with Gasteiger partial charge in [-0.2, -0.15) is 18.2 Å². The summed E-state index contributed by atoms with van der Waals surface area (Å²) in [6.07, 6.45) is 1.98. The van der Waals surface area contributed by atoms with Crippen LogP contribution in [-0.2, 0) is 6.18 Å². The lowest BCUT2D eigenvalue weighted by molar-refractivity contribution is -0.137. The highest BCUT2D eigenvalue weighted by Crippen LogP contribution is 2.30. The first-order valence-corrected chi connectivity index (χ1v) is 8.88. The number of rotatable bonds is 6. The number of hydrogen-bond acceptors (Lipinski definition) is 4. The lowest BCUT2D eigenvalue weighted by Crippen LogP contribution is -2.31. The number of aromatic nitrogens is 2. The van der Waals surface area contributed by atoms with Gasteiger partial charge in [0, 0.05) is 24.4 Å². The Morgan fingerprint density at radius 1 is 1.00 bits per heavy atom. The first-order valence-electron chi connectivity index (χ1n) is 8.88. The number of ether oxygens (including phenoxy) is 1. The lowest BCUT2D eigenvalue weighted by atomic mass is 10.1. The number of hydrogen-bond donors (Lipinski definition) is 0. The van der Waals surface area contributed by atoms with Crippen LogP contribution in [0, 0.1) is 0 Å². The van der Waals surface area contributed by atoms with Gasteiger partial charge in [0.25, 0.3) is 0 Å². The van der Waals surface area contributed by atoms with Crippen LogP contribution in [0.3, 0.4) is 0 Å². The molecule has 0 saturated carbocycles. The van der Waals surface area contributed by atoms with Crippen molar-refractivity contribution >= 4 is 0 Å². The van der Waals surface area contributed by atoms with Crippen molar-refractivity contribution in [2.45, 2.75) is 31.9 Å². The highest BCUT2D eigenvalue weighted by Gasteiger charge is 2.30. The fraction of sp³-hybridized carbons (Fsp3) is 0.474. The lowest BCUT2D eigenvalue weighted by Gasteiger charge is -2.26. The van der Waals surface area contributed by atoms with E-state index in [1.165, 1.54) is 31.4 Å². The summed E-state index contributed by atoms with van der Waals surface area (Å²) in [6, 6.07) is 6.47. The molecule has 26 heavy (non-hydrogen) atoms. The molecule has 0 spiro atoms. The molecule has 1 aromatic heterocycles. The Balaban J connectivity index is 1.54. The van der Waals surface area contributed by atoms with Crippen molar-refractivity contribution in [1.82, 2.24) is 14.9 Å². The van der Waals surface area contributed by atoms with Crippen molar-refractivity contribution < 1.29 is 17.9 Å². The van der Waals surface area contributed by atoms with Crippen LogP contribution in [0.25, 0.3) is 11.4 Å². The van der Waals surface area contributed by atoms with Crippen molar-refractivity contribution in [3.63, 3.8) is 0 Å². The standard InChI is InChI=1S/C19H22F3N3O/c20-19(21,22)16-7-5-15(6-8-16)18-23-10-9-17(24-18)26-14-4-13-25-11-2-1-3-12-25/h5-10H,1-4,11-14H2. The zero-order valence-electron chi connectivity index (χ0n) is 14.5. The fourth-order valence-electron chi connectivity index (χ4n) is 3.02. The van der Waals surface area contributed by atoms with Crippen LogP contribution in [0.1, 0.15) is 31.2 Å². The Bertz CT molecular complexity index is 698. The van der Waals surface area contributed by atoms with Crippen molar-refractivity contribution in [3.05, 3.63) is 42.1 Å². The van der Waals surface area contributed by atoms with E-state index in [0.29, 0.717) is 23.9 Å². The molecule has 140 valence electrons. The molecule has 2 aromatic rings. The Labute approximate surface area is 151 Å². The minimum absolute atomic E-state index is 0.354. The summed E-state index contributed by atoms with van der Waals surface area (Å²) in [7, 11) is 0. The third-order valence-corrected chi connectivity index (χ3v) is 4.42. The molecule has 1 saturated heterocycles. The van der Waals surface area contributed by atoms with Gasteiger partial charge in [0.05, 0.1) is 12.2 Å². The van der Waals surface area contributed by atoms with Gasteiger partial charge in [0.15, 0.2) is 5.82 Å². The third kappa shape index (κ3) is 5.17. The normalized spacial score (nSPS) is 15.8. The molecule has 0 atom stereocenters. The summed E-state index contributed by atoms with van der Waals surface area (Å²) < 4.78 is 43.6. The minimum atomic E-state index is -4.35. The Morgan fingerprint density at radius 2 is 1.73 bits per heavy atom. The molecule has 0 unspecified atom stereocenters. The number of likely N-dealkylation sites (tertiary alicyclic amines) is 1. The van der Waals surface area contributed by atoms with Gasteiger partial charge in [-0.25, -0.2) is 4.98 Å². The van der Waals surface area contributed by atoms with Crippen LogP contribution < -0.4 is 4.74 Å². The van der Waals surface area contributed by atoms with E-state index in [-0.39, 0.29) is 0 Å². The molecule has 0 N–H and O–H groups in total. The highest BCUT2D eigenvalue weighted by atomic mass is 19.4. The number of piperidine rings is 1. The van der Waals surface area contributed by atoms with E-state index in [4.69, 9.17) is 4.74 Å². The van der Waals surface area contributed by atoms with Gasteiger partial charge in [-0.1, -0.05) is 18.6 Å². The number of alkyl halides is 3. The van der Waals surface area contributed by atoms with Crippen LogP contribution in [0.15, 0.2) is 36.5 Å². The van der Waals surface area contributed by atoms with Crippen molar-refractivity contribution in [2.75, 3.05) is 26.2 Å². The van der Waals surface area contributed by atoms with Crippen molar-refractivity contribution in [1.29, 1.82) is 0 Å². The van der Waals surface area contributed by atoms with Gasteiger partial charge < -0.3 is 9.64 Å². The van der Waals surface area contributed by atoms with Crippen LogP contribution in [0.4, 0.5) is 13.2 Å². The summed E-state index contributed by atoms with van der Waals surface area (Å²) in [5.41, 5.74) is -0.164. The average Bonchev–Trinajstić information content (AvgIpc) is 2.66. The SMILES string of the molecule is FC(F)(F)c1ccc(-c2nccc(OCCCN3CCCCC3)n2)cc1. The monoisotopic (exact) mass is 365 g/mol. The van der Waals surface area contributed by atoms with Crippen molar-refractivity contribution in [3.8, 4) is 17.3 Å². The minimum Gasteiger partial charge on any atom is -0.478 e. The molecule has 0 amide bonds. The number of benzene rings is 1. The third-order valence-electron chi connectivity index (χ3n) is 4.42. The quantitative estimate of drug-likeness (QED) is 0.711. The summed E-state index contributed by atoms with van der Waals surface area (Å²) >= 11 is 0. The molecule has 0 radical (unpaired) electrons. The largest absolute Gasteiger partial charge is 0.478 e. The Kier molecular flexibility index (Phi) is 6.08. The second-order valence-corrected chi connectivity index (χ2v) is 6.40. The average molecular weight is 365 g/mol. The van der Waals surface area contributed by atoms with Crippen molar-refractivity contribution in [2.24, 2.45) is 0 Å². The predicted octanol–water partition coefficient (Wildman–Crippen LogP) is 4.42. The molecule has 4 nitrogen and oxygen atoms in total. The molecule has 3 rings (SSSR count). The van der Waals surface area contributed by atoms with Crippen LogP contribution >= 0.6 is 0 Å². The van der Waals surface area contributed by atoms with Gasteiger partial charge in [-0.15, -0.1) is 0 Å². The number of halogens is 3. The van der Waals surface area contributed by atoms with E-state index in [9.17, 15) is 13.2 Å². The van der Waals surface area contributed by atoms with E-state index in [2.05, 4.69) is 14.9 Å². The number of nitrogens with zero attached hydrogens (tertiary/aromatic N) is 3. The smallest absolute Gasteiger partial charge is 0.416 e. The van der Waals surface area contributed by atoms with E-state index in [1.807, 2.05) is 0 Å². The van der Waals surface area contributed by atoms with E-state index in [1.54, 1.807) is 12.3 Å². The van der Waals surface area contributed by atoms with Gasteiger partial charge in [-0.3, -0.25) is 0 Å². The molecular weight excluding hydrogens is 343 g/mol. The molecule has 0 bridgehead atoms. The second-order valence-electron chi connectivity index (χ2n) is 6.40. The van der Waals surface area contributed by atoms with Crippen LogP contribution in [-0.4, -0.2) is 41.1 Å². The summed E-state index contributed by atoms with van der Waals surface area (Å²) in [4.78, 5) is 10.9. The molecule has 1 aliphatic rings. The maximum atomic E-state index is 12.6. The molecular formula is C19H22F3N3O. The summed E-state index contributed by atoms with van der Waals surface area (Å²) in [5.74, 6) is 0.792. The van der Waals surface area contributed by atoms with E-state index >= 15 is 0 Å². The van der Waals surface area contributed by atoms with Gasteiger partial charge in [0.1, 0.15) is 0 Å². The van der Waals surface area contributed by atoms with Crippen LogP contribution in [0.2, 0.25) is 0 Å². The first-order chi connectivity index (χ1) is 12.5. The molecule has 7 heteroatoms. The maximum absolute atomic E-state index is 12.6. The molecule has 1 aromatic carbocycles. The van der Waals surface area contributed by atoms with Gasteiger partial charge in [0.2, 0.25) is 5.88 Å². The zero-order chi connectivity index (χ0) is 18.4. The predicted molar refractivity (Wildman–Crippen MR) is 92.9 cm³/mol. The van der Waals surface area contributed by atoms with Gasteiger partial charge >= 0.3 is 6.18 Å². The summed E-state index contributed by atoms with van der Waals surface area (Å²) in [6.45, 7) is 3.88. The molecule has 2 heterocycles. The maximum Gasteiger partial charge on any atom is 0.416 e. The summed E-state index contributed by atoms with van der Waals surface area (Å²) in [5, 5.41) is 0. The topological polar surface area (TPSA) is 38.2 Å². The highest BCUT2D eigenvalue weighted by molar-refractivity contribution is 5.55. The van der Waals surface area contributed by atoms with E-state index < -0.39 is 11.7 Å². The van der Waals surface area contributed by atoms with Crippen LogP contribution in [0.5, 0.6) is 5.88 Å². The zero-order valence-corrected chi connectivity index (χ0v) is 14.5. The molecule has 1 aliphatic heterocycles. The second kappa shape index (κ2) is 8.49. The van der Waals surface area contributed by atoms with Gasteiger partial charge in [-0.05, 0) is 44.5 Å². The first kappa shape index (κ1) is 18.6.